The predicted octanol–water partition coefficient (Wildman–Crippen LogP) is 6.37. The minimum atomic E-state index is -0.586. The van der Waals surface area contributed by atoms with Crippen molar-refractivity contribution in [3.63, 3.8) is 0 Å². The fraction of sp³-hybridized carbons (Fsp3) is 0.259. The lowest BCUT2D eigenvalue weighted by Crippen LogP contribution is -2.46. The van der Waals surface area contributed by atoms with Crippen LogP contribution in [0.3, 0.4) is 0 Å². The SMILES string of the molecule is O=C(c1ccnc(Cl)c1)N1CC2(CCN(C/C=C/c3ccc(F)cc3F)CC2)c2cc(Cl)ccc21. The molecular weight excluding hydrogens is 491 g/mol. The Bertz CT molecular complexity index is 1310. The number of piperidine rings is 1. The number of carbonyl (C=O) groups is 1. The number of hydrogen-bond acceptors (Lipinski definition) is 3. The number of amides is 1. The van der Waals surface area contributed by atoms with Crippen LogP contribution in [0.15, 0.2) is 60.8 Å². The second-order valence-electron chi connectivity index (χ2n) is 9.07. The maximum absolute atomic E-state index is 13.9. The smallest absolute Gasteiger partial charge is 0.258 e. The fourth-order valence-corrected chi connectivity index (χ4v) is 5.42. The molecule has 35 heavy (non-hydrogen) atoms. The third-order valence-electron chi connectivity index (χ3n) is 6.94. The molecule has 0 bridgehead atoms. The number of fused-ring (bicyclic) bond motifs is 2. The second kappa shape index (κ2) is 9.69. The lowest BCUT2D eigenvalue weighted by Gasteiger charge is -2.39. The topological polar surface area (TPSA) is 36.4 Å². The molecule has 1 fully saturated rings. The molecule has 1 spiro atoms. The van der Waals surface area contributed by atoms with Gasteiger partial charge in [-0.15, -0.1) is 0 Å². The van der Waals surface area contributed by atoms with Gasteiger partial charge < -0.3 is 4.90 Å². The summed E-state index contributed by atoms with van der Waals surface area (Å²) in [5, 5.41) is 0.930. The Labute approximate surface area is 212 Å². The van der Waals surface area contributed by atoms with Crippen molar-refractivity contribution in [2.24, 2.45) is 0 Å². The van der Waals surface area contributed by atoms with E-state index in [0.717, 1.165) is 43.2 Å². The molecule has 0 saturated carbocycles. The summed E-state index contributed by atoms with van der Waals surface area (Å²) < 4.78 is 27.0. The maximum Gasteiger partial charge on any atom is 0.258 e. The molecule has 180 valence electrons. The Kier molecular flexibility index (Phi) is 6.62. The number of carbonyl (C=O) groups excluding carboxylic acids is 1. The molecule has 1 aromatic heterocycles. The van der Waals surface area contributed by atoms with E-state index in [0.29, 0.717) is 29.2 Å². The van der Waals surface area contributed by atoms with E-state index >= 15 is 0 Å². The van der Waals surface area contributed by atoms with Gasteiger partial charge in [0, 0.05) is 52.6 Å². The first-order valence-corrected chi connectivity index (χ1v) is 12.2. The van der Waals surface area contributed by atoms with Crippen LogP contribution in [0, 0.1) is 11.6 Å². The normalized spacial score (nSPS) is 17.3. The maximum atomic E-state index is 13.9. The van der Waals surface area contributed by atoms with E-state index in [1.807, 2.05) is 29.2 Å². The summed E-state index contributed by atoms with van der Waals surface area (Å²) >= 11 is 12.4. The largest absolute Gasteiger partial charge is 0.307 e. The number of anilines is 1. The molecule has 4 nitrogen and oxygen atoms in total. The van der Waals surface area contributed by atoms with E-state index in [-0.39, 0.29) is 16.5 Å². The molecule has 0 N–H and O–H groups in total. The molecule has 5 rings (SSSR count). The summed E-state index contributed by atoms with van der Waals surface area (Å²) in [5.74, 6) is -1.27. The average Bonchev–Trinajstić information content (AvgIpc) is 3.14. The number of benzene rings is 2. The van der Waals surface area contributed by atoms with Crippen molar-refractivity contribution in [3.05, 3.63) is 99.3 Å². The lowest BCUT2D eigenvalue weighted by atomic mass is 9.74. The van der Waals surface area contributed by atoms with Crippen LogP contribution in [-0.4, -0.2) is 42.0 Å². The molecule has 8 heteroatoms. The first-order chi connectivity index (χ1) is 16.8. The van der Waals surface area contributed by atoms with Gasteiger partial charge in [0.1, 0.15) is 16.8 Å². The zero-order chi connectivity index (χ0) is 24.6. The monoisotopic (exact) mass is 513 g/mol. The molecule has 3 aromatic rings. The van der Waals surface area contributed by atoms with E-state index in [9.17, 15) is 13.6 Å². The van der Waals surface area contributed by atoms with E-state index < -0.39 is 11.6 Å². The highest BCUT2D eigenvalue weighted by Crippen LogP contribution is 2.48. The molecule has 2 aromatic carbocycles. The van der Waals surface area contributed by atoms with Crippen molar-refractivity contribution in [2.75, 3.05) is 31.1 Å². The van der Waals surface area contributed by atoms with Crippen LogP contribution in [0.25, 0.3) is 6.08 Å². The molecule has 0 radical (unpaired) electrons. The zero-order valence-electron chi connectivity index (χ0n) is 18.9. The number of nitrogens with zero attached hydrogens (tertiary/aromatic N) is 3. The molecule has 1 amide bonds. The van der Waals surface area contributed by atoms with Gasteiger partial charge in [0.2, 0.25) is 0 Å². The van der Waals surface area contributed by atoms with Crippen LogP contribution in [0.1, 0.15) is 34.3 Å². The van der Waals surface area contributed by atoms with Crippen LogP contribution in [0.5, 0.6) is 0 Å². The van der Waals surface area contributed by atoms with Gasteiger partial charge in [-0.2, -0.15) is 0 Å². The first-order valence-electron chi connectivity index (χ1n) is 11.4. The highest BCUT2D eigenvalue weighted by atomic mass is 35.5. The Hall–Kier alpha value is -2.80. The van der Waals surface area contributed by atoms with Crippen LogP contribution < -0.4 is 4.90 Å². The highest BCUT2D eigenvalue weighted by molar-refractivity contribution is 6.31. The highest BCUT2D eigenvalue weighted by Gasteiger charge is 2.46. The van der Waals surface area contributed by atoms with Gasteiger partial charge in [0.05, 0.1) is 0 Å². The van der Waals surface area contributed by atoms with Crippen LogP contribution >= 0.6 is 23.2 Å². The van der Waals surface area contributed by atoms with E-state index in [1.165, 1.54) is 18.3 Å². The Balaban J connectivity index is 1.31. The number of halogens is 4. The van der Waals surface area contributed by atoms with Crippen molar-refractivity contribution in [1.29, 1.82) is 0 Å². The number of hydrogen-bond donors (Lipinski definition) is 0. The van der Waals surface area contributed by atoms with Crippen molar-refractivity contribution in [2.45, 2.75) is 18.3 Å². The second-order valence-corrected chi connectivity index (χ2v) is 9.89. The number of pyridine rings is 1. The van der Waals surface area contributed by atoms with Crippen molar-refractivity contribution in [3.8, 4) is 0 Å². The molecule has 0 unspecified atom stereocenters. The fourth-order valence-electron chi connectivity index (χ4n) is 5.07. The van der Waals surface area contributed by atoms with Gasteiger partial charge in [-0.3, -0.25) is 9.69 Å². The molecule has 2 aliphatic heterocycles. The van der Waals surface area contributed by atoms with E-state index in [4.69, 9.17) is 23.2 Å². The summed E-state index contributed by atoms with van der Waals surface area (Å²) in [7, 11) is 0. The summed E-state index contributed by atoms with van der Waals surface area (Å²) in [4.78, 5) is 21.5. The van der Waals surface area contributed by atoms with Gasteiger partial charge in [0.15, 0.2) is 0 Å². The molecule has 0 atom stereocenters. The first kappa shape index (κ1) is 23.9. The van der Waals surface area contributed by atoms with Crippen molar-refractivity contribution >= 4 is 40.9 Å². The summed E-state index contributed by atoms with van der Waals surface area (Å²) in [5.41, 5.74) is 2.66. The van der Waals surface area contributed by atoms with Gasteiger partial charge >= 0.3 is 0 Å². The standard InChI is InChI=1S/C27H23Cl2F2N3O/c28-20-4-6-24-22(15-20)27(17-34(24)26(35)19-7-10-32-25(29)14-19)8-12-33(13-9-27)11-1-2-18-3-5-21(30)16-23(18)31/h1-7,10,14-16H,8-9,11-13,17H2/b2-1+. The minimum Gasteiger partial charge on any atom is -0.307 e. The summed E-state index contributed by atoms with van der Waals surface area (Å²) in [6, 6.07) is 12.6. The summed E-state index contributed by atoms with van der Waals surface area (Å²) in [6.45, 7) is 2.88. The van der Waals surface area contributed by atoms with Gasteiger partial charge in [-0.25, -0.2) is 13.8 Å². The molecule has 2 aliphatic rings. The quantitative estimate of drug-likeness (QED) is 0.380. The van der Waals surface area contributed by atoms with Crippen molar-refractivity contribution < 1.29 is 13.6 Å². The minimum absolute atomic E-state index is 0.110. The zero-order valence-corrected chi connectivity index (χ0v) is 20.4. The van der Waals surface area contributed by atoms with E-state index in [1.54, 1.807) is 18.2 Å². The van der Waals surface area contributed by atoms with Gasteiger partial charge in [0.25, 0.3) is 5.91 Å². The molecule has 3 heterocycles. The van der Waals surface area contributed by atoms with Gasteiger partial charge in [-0.05, 0) is 74.0 Å². The number of aromatic nitrogens is 1. The lowest BCUT2D eigenvalue weighted by molar-refractivity contribution is 0.0977. The average molecular weight is 514 g/mol. The Morgan fingerprint density at radius 3 is 2.60 bits per heavy atom. The number of likely N-dealkylation sites (tertiary alicyclic amines) is 1. The van der Waals surface area contributed by atoms with Crippen LogP contribution in [0.4, 0.5) is 14.5 Å². The summed E-state index contributed by atoms with van der Waals surface area (Å²) in [6.07, 6.45) is 6.84. The van der Waals surface area contributed by atoms with Crippen LogP contribution in [0.2, 0.25) is 10.2 Å². The Morgan fingerprint density at radius 2 is 1.86 bits per heavy atom. The van der Waals surface area contributed by atoms with Crippen molar-refractivity contribution in [1.82, 2.24) is 9.88 Å². The van der Waals surface area contributed by atoms with Crippen LogP contribution in [-0.2, 0) is 5.41 Å². The van der Waals surface area contributed by atoms with E-state index in [2.05, 4.69) is 9.88 Å². The van der Waals surface area contributed by atoms with Gasteiger partial charge in [-0.1, -0.05) is 35.4 Å². The third-order valence-corrected chi connectivity index (χ3v) is 7.38. The predicted molar refractivity (Wildman–Crippen MR) is 135 cm³/mol. The Morgan fingerprint density at radius 1 is 1.06 bits per heavy atom. The molecular formula is C27H23Cl2F2N3O. The molecule has 0 aliphatic carbocycles. The molecule has 1 saturated heterocycles. The third kappa shape index (κ3) is 4.83. The number of rotatable bonds is 4.